The molecule has 0 saturated carbocycles. The van der Waals surface area contributed by atoms with Gasteiger partial charge in [0, 0.05) is 23.6 Å². The quantitative estimate of drug-likeness (QED) is 0.560. The lowest BCUT2D eigenvalue weighted by Crippen LogP contribution is -2.48. The van der Waals surface area contributed by atoms with Gasteiger partial charge in [0.2, 0.25) is 5.91 Å². The van der Waals surface area contributed by atoms with Crippen LogP contribution in [0, 0.1) is 5.82 Å². The topological polar surface area (TPSA) is 65.5 Å². The minimum atomic E-state index is -0.307. The van der Waals surface area contributed by atoms with Gasteiger partial charge in [-0.2, -0.15) is 0 Å². The van der Waals surface area contributed by atoms with Crippen molar-refractivity contribution in [1.29, 1.82) is 0 Å². The van der Waals surface area contributed by atoms with Crippen LogP contribution in [0.15, 0.2) is 27.7 Å². The van der Waals surface area contributed by atoms with Crippen molar-refractivity contribution in [2.75, 3.05) is 13.6 Å². The number of benzene rings is 1. The highest BCUT2D eigenvalue weighted by Gasteiger charge is 2.13. The Labute approximate surface area is 138 Å². The van der Waals surface area contributed by atoms with Crippen LogP contribution in [0.4, 0.5) is 4.39 Å². The van der Waals surface area contributed by atoms with E-state index in [9.17, 15) is 9.18 Å². The lowest BCUT2D eigenvalue weighted by molar-refractivity contribution is -0.121. The van der Waals surface area contributed by atoms with E-state index in [0.717, 1.165) is 5.56 Å². The summed E-state index contributed by atoms with van der Waals surface area (Å²) in [6.45, 7) is 6.26. The van der Waals surface area contributed by atoms with E-state index >= 15 is 0 Å². The average molecular weight is 373 g/mol. The van der Waals surface area contributed by atoms with E-state index in [1.165, 1.54) is 12.1 Å². The molecule has 1 amide bonds. The third-order valence-corrected chi connectivity index (χ3v) is 2.99. The number of nitrogens with zero attached hydrogens (tertiary/aromatic N) is 1. The highest BCUT2D eigenvalue weighted by atomic mass is 79.9. The van der Waals surface area contributed by atoms with Crippen molar-refractivity contribution >= 4 is 27.8 Å². The van der Waals surface area contributed by atoms with Crippen molar-refractivity contribution in [3.05, 3.63) is 34.1 Å². The van der Waals surface area contributed by atoms with Gasteiger partial charge in [-0.05, 0) is 44.5 Å². The fourth-order valence-electron chi connectivity index (χ4n) is 1.75. The summed E-state index contributed by atoms with van der Waals surface area (Å²) in [5, 5.41) is 8.79. The SMILES string of the molecule is CN=C(NCC(=O)NC(C)(C)C)NCc1cc(F)cc(Br)c1. The van der Waals surface area contributed by atoms with Crippen molar-refractivity contribution < 1.29 is 9.18 Å². The van der Waals surface area contributed by atoms with Crippen molar-refractivity contribution in [2.24, 2.45) is 4.99 Å². The summed E-state index contributed by atoms with van der Waals surface area (Å²) in [4.78, 5) is 15.8. The van der Waals surface area contributed by atoms with Gasteiger partial charge < -0.3 is 16.0 Å². The van der Waals surface area contributed by atoms with Crippen LogP contribution in [0.25, 0.3) is 0 Å². The second kappa shape index (κ2) is 8.12. The van der Waals surface area contributed by atoms with Gasteiger partial charge in [0.15, 0.2) is 5.96 Å². The largest absolute Gasteiger partial charge is 0.352 e. The Balaban J connectivity index is 2.48. The Morgan fingerprint density at radius 3 is 2.50 bits per heavy atom. The molecule has 0 unspecified atom stereocenters. The zero-order chi connectivity index (χ0) is 16.8. The van der Waals surface area contributed by atoms with Crippen LogP contribution in [0.3, 0.4) is 0 Å². The molecule has 1 aromatic rings. The van der Waals surface area contributed by atoms with Gasteiger partial charge in [0.25, 0.3) is 0 Å². The molecule has 0 aliphatic heterocycles. The number of carbonyl (C=O) groups excluding carboxylic acids is 1. The van der Waals surface area contributed by atoms with Crippen molar-refractivity contribution in [3.8, 4) is 0 Å². The maximum Gasteiger partial charge on any atom is 0.239 e. The molecular formula is C15H22BrFN4O. The van der Waals surface area contributed by atoms with Gasteiger partial charge >= 0.3 is 0 Å². The number of aliphatic imine (C=N–C) groups is 1. The van der Waals surface area contributed by atoms with E-state index in [1.54, 1.807) is 7.05 Å². The zero-order valence-electron chi connectivity index (χ0n) is 13.3. The molecule has 0 spiro atoms. The number of hydrogen-bond acceptors (Lipinski definition) is 2. The highest BCUT2D eigenvalue weighted by molar-refractivity contribution is 9.10. The second-order valence-corrected chi connectivity index (χ2v) is 6.77. The number of carbonyl (C=O) groups is 1. The van der Waals surface area contributed by atoms with Crippen molar-refractivity contribution in [3.63, 3.8) is 0 Å². The van der Waals surface area contributed by atoms with Gasteiger partial charge in [0.05, 0.1) is 6.54 Å². The molecule has 0 radical (unpaired) electrons. The number of halogens is 2. The van der Waals surface area contributed by atoms with E-state index in [0.29, 0.717) is 17.0 Å². The molecule has 22 heavy (non-hydrogen) atoms. The predicted molar refractivity (Wildman–Crippen MR) is 90.2 cm³/mol. The molecule has 0 atom stereocenters. The number of guanidine groups is 1. The predicted octanol–water partition coefficient (Wildman–Crippen LogP) is 2.17. The van der Waals surface area contributed by atoms with Gasteiger partial charge in [-0.3, -0.25) is 9.79 Å². The van der Waals surface area contributed by atoms with E-state index in [1.807, 2.05) is 26.8 Å². The maximum atomic E-state index is 13.3. The summed E-state index contributed by atoms with van der Waals surface area (Å²) < 4.78 is 14.0. The third kappa shape index (κ3) is 7.40. The molecule has 0 heterocycles. The number of rotatable bonds is 4. The molecule has 3 N–H and O–H groups in total. The Kier molecular flexibility index (Phi) is 6.80. The Morgan fingerprint density at radius 2 is 1.95 bits per heavy atom. The molecule has 5 nitrogen and oxygen atoms in total. The summed E-state index contributed by atoms with van der Waals surface area (Å²) in [7, 11) is 1.61. The molecule has 7 heteroatoms. The normalized spacial score (nSPS) is 12.0. The standard InChI is InChI=1S/C15H22BrFN4O/c1-15(2,3)21-13(22)9-20-14(18-4)19-8-10-5-11(16)7-12(17)6-10/h5-7H,8-9H2,1-4H3,(H,21,22)(H2,18,19,20). The molecule has 122 valence electrons. The minimum Gasteiger partial charge on any atom is -0.352 e. The highest BCUT2D eigenvalue weighted by Crippen LogP contribution is 2.14. The molecule has 0 saturated heterocycles. The third-order valence-electron chi connectivity index (χ3n) is 2.54. The van der Waals surface area contributed by atoms with E-state index in [-0.39, 0.29) is 23.8 Å². The minimum absolute atomic E-state index is 0.115. The molecular weight excluding hydrogens is 351 g/mol. The van der Waals surface area contributed by atoms with Gasteiger partial charge in [0.1, 0.15) is 5.82 Å². The van der Waals surface area contributed by atoms with Gasteiger partial charge in [-0.1, -0.05) is 15.9 Å². The summed E-state index contributed by atoms with van der Waals surface area (Å²) in [5.41, 5.74) is 0.498. The molecule has 0 aliphatic rings. The fraction of sp³-hybridized carbons (Fsp3) is 0.467. The molecule has 1 rings (SSSR count). The van der Waals surface area contributed by atoms with Crippen LogP contribution >= 0.6 is 15.9 Å². The zero-order valence-corrected chi connectivity index (χ0v) is 14.8. The number of amides is 1. The monoisotopic (exact) mass is 372 g/mol. The van der Waals surface area contributed by atoms with Crippen LogP contribution in [0.1, 0.15) is 26.3 Å². The Hall–Kier alpha value is -1.63. The number of hydrogen-bond donors (Lipinski definition) is 3. The van der Waals surface area contributed by atoms with Crippen molar-refractivity contribution in [2.45, 2.75) is 32.9 Å². The smallest absolute Gasteiger partial charge is 0.239 e. The van der Waals surface area contributed by atoms with Crippen LogP contribution in [0.5, 0.6) is 0 Å². The molecule has 0 aromatic heterocycles. The van der Waals surface area contributed by atoms with E-state index < -0.39 is 0 Å². The molecule has 1 aromatic carbocycles. The second-order valence-electron chi connectivity index (χ2n) is 5.86. The molecule has 0 fully saturated rings. The van der Waals surface area contributed by atoms with Crippen LogP contribution in [-0.2, 0) is 11.3 Å². The Bertz CT molecular complexity index is 535. The first-order chi connectivity index (χ1) is 10.2. The van der Waals surface area contributed by atoms with Gasteiger partial charge in [-0.25, -0.2) is 4.39 Å². The molecule has 0 bridgehead atoms. The summed E-state index contributed by atoms with van der Waals surface area (Å²) in [6, 6.07) is 4.65. The molecule has 0 aliphatic carbocycles. The summed E-state index contributed by atoms with van der Waals surface area (Å²) in [5.74, 6) is 0.0482. The lowest BCUT2D eigenvalue weighted by atomic mass is 10.1. The average Bonchev–Trinajstić information content (AvgIpc) is 2.35. The van der Waals surface area contributed by atoms with Crippen LogP contribution in [0.2, 0.25) is 0 Å². The summed E-state index contributed by atoms with van der Waals surface area (Å²) >= 11 is 3.25. The number of nitrogens with one attached hydrogen (secondary N) is 3. The van der Waals surface area contributed by atoms with Crippen LogP contribution in [-0.4, -0.2) is 31.0 Å². The van der Waals surface area contributed by atoms with E-state index in [2.05, 4.69) is 36.9 Å². The first kappa shape index (κ1) is 18.4. The first-order valence-electron chi connectivity index (χ1n) is 6.90. The lowest BCUT2D eigenvalue weighted by Gasteiger charge is -2.21. The van der Waals surface area contributed by atoms with Gasteiger partial charge in [-0.15, -0.1) is 0 Å². The first-order valence-corrected chi connectivity index (χ1v) is 7.69. The van der Waals surface area contributed by atoms with E-state index in [4.69, 9.17) is 0 Å². The fourth-order valence-corrected chi connectivity index (χ4v) is 2.26. The van der Waals surface area contributed by atoms with Crippen molar-refractivity contribution in [1.82, 2.24) is 16.0 Å². The Morgan fingerprint density at radius 1 is 1.27 bits per heavy atom. The summed E-state index contributed by atoms with van der Waals surface area (Å²) in [6.07, 6.45) is 0. The van der Waals surface area contributed by atoms with Crippen LogP contribution < -0.4 is 16.0 Å². The maximum absolute atomic E-state index is 13.3.